The van der Waals surface area contributed by atoms with Crippen LogP contribution in [-0.4, -0.2) is 31.2 Å². The molecule has 0 spiro atoms. The topological polar surface area (TPSA) is 47.9 Å². The van der Waals surface area contributed by atoms with Gasteiger partial charge in [0.15, 0.2) is 6.29 Å². The molecule has 2 aliphatic heterocycles. The molecular formula is C13H16O4. The number of benzene rings is 1. The van der Waals surface area contributed by atoms with Crippen molar-refractivity contribution in [2.75, 3.05) is 19.8 Å². The van der Waals surface area contributed by atoms with Gasteiger partial charge in [-0.25, -0.2) is 0 Å². The molecule has 92 valence electrons. The molecule has 0 bridgehead atoms. The second-order valence-electron chi connectivity index (χ2n) is 4.39. The first-order valence-corrected chi connectivity index (χ1v) is 6.00. The highest BCUT2D eigenvalue weighted by molar-refractivity contribution is 5.40. The van der Waals surface area contributed by atoms with Crippen molar-refractivity contribution in [2.24, 2.45) is 0 Å². The summed E-state index contributed by atoms with van der Waals surface area (Å²) in [5.74, 6) is 0.939. The minimum absolute atomic E-state index is 0.269. The van der Waals surface area contributed by atoms with Gasteiger partial charge >= 0.3 is 0 Å². The summed E-state index contributed by atoms with van der Waals surface area (Å²) in [7, 11) is 0. The standard InChI is InChI=1S/C13H16O4/c14-11(8-13-16-5-6-17-13)9-1-2-12-10(7-9)3-4-15-12/h1-2,7,11,13-14H,3-6,8H2. The second kappa shape index (κ2) is 4.64. The Hall–Kier alpha value is -1.10. The Bertz CT molecular complexity index is 398. The Kier molecular flexibility index (Phi) is 3.01. The van der Waals surface area contributed by atoms with Crippen LogP contribution in [0, 0.1) is 0 Å². The van der Waals surface area contributed by atoms with Crippen molar-refractivity contribution < 1.29 is 19.3 Å². The number of aliphatic hydroxyl groups excluding tert-OH is 1. The number of hydrogen-bond donors (Lipinski definition) is 1. The molecule has 1 atom stereocenters. The highest BCUT2D eigenvalue weighted by Crippen LogP contribution is 2.30. The van der Waals surface area contributed by atoms with E-state index < -0.39 is 6.10 Å². The lowest BCUT2D eigenvalue weighted by atomic mass is 10.0. The Labute approximate surface area is 100 Å². The van der Waals surface area contributed by atoms with Gasteiger partial charge in [0, 0.05) is 12.8 Å². The van der Waals surface area contributed by atoms with Crippen LogP contribution in [-0.2, 0) is 15.9 Å². The molecule has 1 aromatic rings. The van der Waals surface area contributed by atoms with Crippen LogP contribution in [0.25, 0.3) is 0 Å². The fraction of sp³-hybridized carbons (Fsp3) is 0.538. The normalized spacial score (nSPS) is 21.2. The van der Waals surface area contributed by atoms with Crippen molar-refractivity contribution in [3.63, 3.8) is 0 Å². The van der Waals surface area contributed by atoms with Crippen LogP contribution in [0.3, 0.4) is 0 Å². The van der Waals surface area contributed by atoms with Gasteiger partial charge in [0.05, 0.1) is 25.9 Å². The summed E-state index contributed by atoms with van der Waals surface area (Å²) in [6, 6.07) is 5.85. The minimum atomic E-state index is -0.538. The van der Waals surface area contributed by atoms with E-state index in [0.29, 0.717) is 19.6 Å². The van der Waals surface area contributed by atoms with E-state index in [2.05, 4.69) is 0 Å². The second-order valence-corrected chi connectivity index (χ2v) is 4.39. The smallest absolute Gasteiger partial charge is 0.160 e. The third-order valence-electron chi connectivity index (χ3n) is 3.20. The van der Waals surface area contributed by atoms with E-state index in [-0.39, 0.29) is 6.29 Å². The molecule has 0 aliphatic carbocycles. The highest BCUT2D eigenvalue weighted by Gasteiger charge is 2.22. The van der Waals surface area contributed by atoms with E-state index in [9.17, 15) is 5.11 Å². The van der Waals surface area contributed by atoms with Crippen molar-refractivity contribution in [2.45, 2.75) is 25.2 Å². The number of rotatable bonds is 3. The van der Waals surface area contributed by atoms with Crippen LogP contribution in [0.1, 0.15) is 23.7 Å². The lowest BCUT2D eigenvalue weighted by Gasteiger charge is -2.15. The molecule has 0 radical (unpaired) electrons. The highest BCUT2D eigenvalue weighted by atomic mass is 16.7. The Morgan fingerprint density at radius 1 is 1.24 bits per heavy atom. The first-order chi connectivity index (χ1) is 8.33. The lowest BCUT2D eigenvalue weighted by molar-refractivity contribution is -0.0707. The zero-order valence-electron chi connectivity index (χ0n) is 9.59. The van der Waals surface area contributed by atoms with Crippen LogP contribution in [0.2, 0.25) is 0 Å². The molecule has 1 unspecified atom stereocenters. The van der Waals surface area contributed by atoms with Crippen molar-refractivity contribution >= 4 is 0 Å². The van der Waals surface area contributed by atoms with Crippen molar-refractivity contribution in [1.82, 2.24) is 0 Å². The quantitative estimate of drug-likeness (QED) is 0.862. The SMILES string of the molecule is OC(CC1OCCO1)c1ccc2c(c1)CCO2. The molecule has 1 aromatic carbocycles. The number of fused-ring (bicyclic) bond motifs is 1. The van der Waals surface area contributed by atoms with Crippen LogP contribution in [0.15, 0.2) is 18.2 Å². The average molecular weight is 236 g/mol. The maximum absolute atomic E-state index is 10.1. The molecule has 4 nitrogen and oxygen atoms in total. The van der Waals surface area contributed by atoms with Crippen LogP contribution in [0.4, 0.5) is 0 Å². The van der Waals surface area contributed by atoms with Gasteiger partial charge in [-0.15, -0.1) is 0 Å². The van der Waals surface area contributed by atoms with E-state index in [0.717, 1.165) is 24.3 Å². The van der Waals surface area contributed by atoms with E-state index >= 15 is 0 Å². The van der Waals surface area contributed by atoms with Crippen LogP contribution in [0.5, 0.6) is 5.75 Å². The largest absolute Gasteiger partial charge is 0.493 e. The molecule has 1 saturated heterocycles. The first kappa shape index (κ1) is 11.0. The van der Waals surface area contributed by atoms with Crippen molar-refractivity contribution in [3.8, 4) is 5.75 Å². The fourth-order valence-corrected chi connectivity index (χ4v) is 2.28. The van der Waals surface area contributed by atoms with Gasteiger partial charge in [0.1, 0.15) is 5.75 Å². The van der Waals surface area contributed by atoms with Crippen LogP contribution < -0.4 is 4.74 Å². The fourth-order valence-electron chi connectivity index (χ4n) is 2.28. The van der Waals surface area contributed by atoms with Gasteiger partial charge in [0.2, 0.25) is 0 Å². The van der Waals surface area contributed by atoms with Crippen molar-refractivity contribution in [3.05, 3.63) is 29.3 Å². The summed E-state index contributed by atoms with van der Waals surface area (Å²) in [5.41, 5.74) is 2.09. The van der Waals surface area contributed by atoms with Gasteiger partial charge < -0.3 is 19.3 Å². The van der Waals surface area contributed by atoms with E-state index in [1.165, 1.54) is 5.56 Å². The number of hydrogen-bond acceptors (Lipinski definition) is 4. The zero-order chi connectivity index (χ0) is 11.7. The van der Waals surface area contributed by atoms with Crippen molar-refractivity contribution in [1.29, 1.82) is 0 Å². The van der Waals surface area contributed by atoms with E-state index in [1.54, 1.807) is 0 Å². The minimum Gasteiger partial charge on any atom is -0.493 e. The lowest BCUT2D eigenvalue weighted by Crippen LogP contribution is -2.13. The van der Waals surface area contributed by atoms with Gasteiger partial charge in [0.25, 0.3) is 0 Å². The molecule has 3 rings (SSSR count). The predicted molar refractivity (Wildman–Crippen MR) is 60.9 cm³/mol. The summed E-state index contributed by atoms with van der Waals surface area (Å²) in [6.07, 6.45) is 0.602. The summed E-state index contributed by atoms with van der Waals surface area (Å²) >= 11 is 0. The monoisotopic (exact) mass is 236 g/mol. The molecule has 1 N–H and O–H groups in total. The summed E-state index contributed by atoms with van der Waals surface area (Å²) in [5, 5.41) is 10.1. The maximum atomic E-state index is 10.1. The Morgan fingerprint density at radius 2 is 2.06 bits per heavy atom. The average Bonchev–Trinajstić information content (AvgIpc) is 2.97. The molecule has 0 amide bonds. The molecule has 2 aliphatic rings. The third kappa shape index (κ3) is 2.29. The number of aliphatic hydroxyl groups is 1. The molecule has 4 heteroatoms. The zero-order valence-corrected chi connectivity index (χ0v) is 9.59. The van der Waals surface area contributed by atoms with E-state index in [1.807, 2.05) is 18.2 Å². The van der Waals surface area contributed by atoms with Gasteiger partial charge in [-0.05, 0) is 23.3 Å². The molecule has 0 aromatic heterocycles. The maximum Gasteiger partial charge on any atom is 0.160 e. The molecule has 2 heterocycles. The van der Waals surface area contributed by atoms with E-state index in [4.69, 9.17) is 14.2 Å². The summed E-state index contributed by atoms with van der Waals surface area (Å²) in [4.78, 5) is 0. The van der Waals surface area contributed by atoms with Gasteiger partial charge in [-0.3, -0.25) is 0 Å². The molecule has 17 heavy (non-hydrogen) atoms. The third-order valence-corrected chi connectivity index (χ3v) is 3.20. The summed E-state index contributed by atoms with van der Waals surface area (Å²) < 4.78 is 16.1. The Balaban J connectivity index is 1.70. The van der Waals surface area contributed by atoms with Gasteiger partial charge in [-0.2, -0.15) is 0 Å². The Morgan fingerprint density at radius 3 is 2.88 bits per heavy atom. The van der Waals surface area contributed by atoms with Crippen LogP contribution >= 0.6 is 0 Å². The molecule has 0 saturated carbocycles. The molecule has 1 fully saturated rings. The summed E-state index contributed by atoms with van der Waals surface area (Å²) in [6.45, 7) is 1.98. The molecular weight excluding hydrogens is 220 g/mol. The predicted octanol–water partition coefficient (Wildman–Crippen LogP) is 1.42. The first-order valence-electron chi connectivity index (χ1n) is 6.00. The number of ether oxygens (including phenoxy) is 3. The van der Waals surface area contributed by atoms with Gasteiger partial charge in [-0.1, -0.05) is 6.07 Å².